The molecule has 0 unspecified atom stereocenters. The van der Waals surface area contributed by atoms with E-state index < -0.39 is 0 Å². The molecule has 6 heteroatoms. The van der Waals surface area contributed by atoms with Crippen molar-refractivity contribution >= 4 is 32.7 Å². The Kier molecular flexibility index (Phi) is 6.37. The van der Waals surface area contributed by atoms with Crippen LogP contribution in [-0.2, 0) is 6.61 Å². The number of rotatable bonds is 7. The third kappa shape index (κ3) is 4.97. The highest BCUT2D eigenvalue weighted by Gasteiger charge is 2.15. The van der Waals surface area contributed by atoms with Gasteiger partial charge in [0.05, 0.1) is 18.7 Å². The predicted molar refractivity (Wildman–Crippen MR) is 128 cm³/mol. The highest BCUT2D eigenvalue weighted by molar-refractivity contribution is 9.10. The number of methoxy groups -OCH3 is 1. The van der Waals surface area contributed by atoms with E-state index in [0.717, 1.165) is 32.3 Å². The standard InChI is InChI=1S/C25H24BrN3O2/c1-16(19-10-7-11-20(26)12-19)27-25-21-13-24(31-15-18-8-5-4-6-9-18)23(30-3)14-22(21)28-17(2)29-25/h4-14,16H,15H2,1-3H3,(H,27,28,29)/t16-/m1/s1. The van der Waals surface area contributed by atoms with Crippen LogP contribution in [0.25, 0.3) is 10.9 Å². The molecule has 1 aromatic heterocycles. The normalized spacial score (nSPS) is 11.9. The Balaban J connectivity index is 1.69. The molecule has 1 atom stereocenters. The lowest BCUT2D eigenvalue weighted by molar-refractivity contribution is 0.285. The van der Waals surface area contributed by atoms with Crippen molar-refractivity contribution < 1.29 is 9.47 Å². The number of halogens is 1. The van der Waals surface area contributed by atoms with Gasteiger partial charge in [-0.1, -0.05) is 58.4 Å². The number of nitrogens with one attached hydrogen (secondary N) is 1. The molecule has 3 aromatic carbocycles. The van der Waals surface area contributed by atoms with Crippen LogP contribution in [0.15, 0.2) is 71.2 Å². The van der Waals surface area contributed by atoms with E-state index in [1.807, 2.05) is 61.5 Å². The molecule has 0 amide bonds. The van der Waals surface area contributed by atoms with E-state index in [-0.39, 0.29) is 6.04 Å². The van der Waals surface area contributed by atoms with Gasteiger partial charge in [0.2, 0.25) is 0 Å². The second-order valence-electron chi connectivity index (χ2n) is 7.33. The fourth-order valence-electron chi connectivity index (χ4n) is 3.43. The van der Waals surface area contributed by atoms with Gasteiger partial charge in [0.1, 0.15) is 18.2 Å². The van der Waals surface area contributed by atoms with E-state index in [9.17, 15) is 0 Å². The lowest BCUT2D eigenvalue weighted by atomic mass is 10.1. The monoisotopic (exact) mass is 477 g/mol. The fourth-order valence-corrected chi connectivity index (χ4v) is 3.85. The van der Waals surface area contributed by atoms with Crippen LogP contribution in [0.4, 0.5) is 5.82 Å². The van der Waals surface area contributed by atoms with E-state index in [2.05, 4.69) is 50.3 Å². The Morgan fingerprint density at radius 1 is 0.968 bits per heavy atom. The summed E-state index contributed by atoms with van der Waals surface area (Å²) in [4.78, 5) is 9.28. The number of nitrogens with zero attached hydrogens (tertiary/aromatic N) is 2. The van der Waals surface area contributed by atoms with Gasteiger partial charge in [-0.3, -0.25) is 0 Å². The summed E-state index contributed by atoms with van der Waals surface area (Å²) in [6.45, 7) is 4.45. The maximum Gasteiger partial charge on any atom is 0.162 e. The summed E-state index contributed by atoms with van der Waals surface area (Å²) in [5.74, 6) is 2.76. The number of aryl methyl sites for hydroxylation is 1. The topological polar surface area (TPSA) is 56.3 Å². The number of ether oxygens (including phenoxy) is 2. The summed E-state index contributed by atoms with van der Waals surface area (Å²) >= 11 is 3.55. The number of aromatic nitrogens is 2. The van der Waals surface area contributed by atoms with Crippen LogP contribution in [0.2, 0.25) is 0 Å². The van der Waals surface area contributed by atoms with Crippen LogP contribution in [0.1, 0.15) is 29.9 Å². The minimum Gasteiger partial charge on any atom is -0.493 e. The van der Waals surface area contributed by atoms with Crippen LogP contribution < -0.4 is 14.8 Å². The molecular weight excluding hydrogens is 454 g/mol. The number of hydrogen-bond donors (Lipinski definition) is 1. The van der Waals surface area contributed by atoms with E-state index in [1.54, 1.807) is 7.11 Å². The van der Waals surface area contributed by atoms with E-state index in [0.29, 0.717) is 23.9 Å². The average Bonchev–Trinajstić information content (AvgIpc) is 2.77. The van der Waals surface area contributed by atoms with Gasteiger partial charge in [-0.05, 0) is 43.2 Å². The zero-order valence-corrected chi connectivity index (χ0v) is 19.3. The second kappa shape index (κ2) is 9.35. The molecule has 0 aliphatic heterocycles. The van der Waals surface area contributed by atoms with Crippen molar-refractivity contribution in [3.05, 3.63) is 88.2 Å². The van der Waals surface area contributed by atoms with E-state index in [1.165, 1.54) is 0 Å². The first-order valence-corrected chi connectivity index (χ1v) is 10.9. The summed E-state index contributed by atoms with van der Waals surface area (Å²) < 4.78 is 12.7. The smallest absolute Gasteiger partial charge is 0.162 e. The second-order valence-corrected chi connectivity index (χ2v) is 8.25. The van der Waals surface area contributed by atoms with Crippen molar-refractivity contribution in [1.82, 2.24) is 9.97 Å². The number of fused-ring (bicyclic) bond motifs is 1. The first kappa shape index (κ1) is 21.1. The molecular formula is C25H24BrN3O2. The maximum atomic E-state index is 6.10. The van der Waals surface area contributed by atoms with Gasteiger partial charge in [0.15, 0.2) is 11.5 Å². The van der Waals surface area contributed by atoms with Gasteiger partial charge >= 0.3 is 0 Å². The van der Waals surface area contributed by atoms with Gasteiger partial charge in [0.25, 0.3) is 0 Å². The fraction of sp³-hybridized carbons (Fsp3) is 0.200. The molecule has 5 nitrogen and oxygen atoms in total. The molecule has 0 aliphatic rings. The number of benzene rings is 3. The third-order valence-corrected chi connectivity index (χ3v) is 5.53. The molecule has 0 fully saturated rings. The van der Waals surface area contributed by atoms with E-state index in [4.69, 9.17) is 9.47 Å². The minimum atomic E-state index is 0.0609. The summed E-state index contributed by atoms with van der Waals surface area (Å²) in [7, 11) is 1.64. The first-order chi connectivity index (χ1) is 15.0. The summed E-state index contributed by atoms with van der Waals surface area (Å²) in [5, 5.41) is 4.42. The zero-order chi connectivity index (χ0) is 21.8. The number of hydrogen-bond acceptors (Lipinski definition) is 5. The predicted octanol–water partition coefficient (Wildman–Crippen LogP) is 6.46. The van der Waals surface area contributed by atoms with Crippen LogP contribution in [0.5, 0.6) is 11.5 Å². The Morgan fingerprint density at radius 3 is 2.52 bits per heavy atom. The van der Waals surface area contributed by atoms with Gasteiger partial charge in [0, 0.05) is 15.9 Å². The van der Waals surface area contributed by atoms with Crippen LogP contribution in [-0.4, -0.2) is 17.1 Å². The summed E-state index contributed by atoms with van der Waals surface area (Å²) in [6.07, 6.45) is 0. The Hall–Kier alpha value is -3.12. The average molecular weight is 478 g/mol. The Morgan fingerprint density at radius 2 is 1.77 bits per heavy atom. The molecule has 0 saturated carbocycles. The summed E-state index contributed by atoms with van der Waals surface area (Å²) in [5.41, 5.74) is 3.06. The molecule has 1 N–H and O–H groups in total. The third-order valence-electron chi connectivity index (χ3n) is 5.03. The lowest BCUT2D eigenvalue weighted by Crippen LogP contribution is -2.10. The van der Waals surface area contributed by atoms with Crippen molar-refractivity contribution in [2.45, 2.75) is 26.5 Å². The molecule has 0 bridgehead atoms. The van der Waals surface area contributed by atoms with Gasteiger partial charge in [-0.15, -0.1) is 0 Å². The van der Waals surface area contributed by atoms with Crippen molar-refractivity contribution in [3.63, 3.8) is 0 Å². The largest absolute Gasteiger partial charge is 0.493 e. The minimum absolute atomic E-state index is 0.0609. The Bertz CT molecular complexity index is 1200. The van der Waals surface area contributed by atoms with Crippen molar-refractivity contribution in [3.8, 4) is 11.5 Å². The molecule has 1 heterocycles. The van der Waals surface area contributed by atoms with Crippen LogP contribution in [0, 0.1) is 6.92 Å². The zero-order valence-electron chi connectivity index (χ0n) is 17.7. The van der Waals surface area contributed by atoms with E-state index >= 15 is 0 Å². The van der Waals surface area contributed by atoms with Crippen molar-refractivity contribution in [1.29, 1.82) is 0 Å². The lowest BCUT2D eigenvalue weighted by Gasteiger charge is -2.18. The number of anilines is 1. The summed E-state index contributed by atoms with van der Waals surface area (Å²) in [6, 6.07) is 22.2. The van der Waals surface area contributed by atoms with Crippen LogP contribution in [0.3, 0.4) is 0 Å². The SMILES string of the molecule is COc1cc2nc(C)nc(N[C@H](C)c3cccc(Br)c3)c2cc1OCc1ccccc1. The van der Waals surface area contributed by atoms with Crippen molar-refractivity contribution in [2.75, 3.05) is 12.4 Å². The quantitative estimate of drug-likeness (QED) is 0.330. The van der Waals surface area contributed by atoms with Gasteiger partial charge < -0.3 is 14.8 Å². The molecule has 0 radical (unpaired) electrons. The molecule has 0 saturated heterocycles. The maximum absolute atomic E-state index is 6.10. The van der Waals surface area contributed by atoms with Gasteiger partial charge in [-0.2, -0.15) is 0 Å². The highest BCUT2D eigenvalue weighted by Crippen LogP contribution is 2.35. The molecule has 4 aromatic rings. The highest BCUT2D eigenvalue weighted by atomic mass is 79.9. The van der Waals surface area contributed by atoms with Crippen LogP contribution >= 0.6 is 15.9 Å². The molecule has 158 valence electrons. The van der Waals surface area contributed by atoms with Gasteiger partial charge in [-0.25, -0.2) is 9.97 Å². The molecule has 31 heavy (non-hydrogen) atoms. The molecule has 4 rings (SSSR count). The molecule has 0 aliphatic carbocycles. The molecule has 0 spiro atoms. The first-order valence-electron chi connectivity index (χ1n) is 10.1. The Labute approximate surface area is 190 Å². The van der Waals surface area contributed by atoms with Crippen molar-refractivity contribution in [2.24, 2.45) is 0 Å².